The second kappa shape index (κ2) is 1.32. The summed E-state index contributed by atoms with van der Waals surface area (Å²) in [6.45, 7) is 0.996. The topological polar surface area (TPSA) is 46.2 Å². The number of rotatable bonds is 0. The van der Waals surface area contributed by atoms with Crippen LogP contribution in [0.4, 0.5) is 0 Å². The minimum atomic E-state index is -2.61. The predicted molar refractivity (Wildman–Crippen MR) is 34.0 cm³/mol. The number of sulfone groups is 1. The van der Waals surface area contributed by atoms with Gasteiger partial charge in [0.1, 0.15) is 0 Å². The second-order valence-electron chi connectivity index (χ2n) is 2.99. The molecule has 0 aromatic carbocycles. The third-order valence-electron chi connectivity index (χ3n) is 2.10. The molecule has 2 heterocycles. The molecule has 1 N–H and O–H groups in total. The van der Waals surface area contributed by atoms with Gasteiger partial charge in [0.15, 0.2) is 9.84 Å². The van der Waals surface area contributed by atoms with Crippen LogP contribution in [-0.4, -0.2) is 32.0 Å². The summed E-state index contributed by atoms with van der Waals surface area (Å²) in [5.74, 6) is 0.750. The van der Waals surface area contributed by atoms with Crippen molar-refractivity contribution in [1.29, 1.82) is 0 Å². The van der Waals surface area contributed by atoms with Gasteiger partial charge < -0.3 is 5.32 Å². The lowest BCUT2D eigenvalue weighted by Crippen LogP contribution is -2.71. The highest BCUT2D eigenvalue weighted by atomic mass is 32.2. The summed E-state index contributed by atoms with van der Waals surface area (Å²) in [6, 6.07) is 0. The molecule has 0 bridgehead atoms. The lowest BCUT2D eigenvalue weighted by molar-refractivity contribution is 0.242. The van der Waals surface area contributed by atoms with E-state index in [4.69, 9.17) is 0 Å². The van der Waals surface area contributed by atoms with Crippen LogP contribution in [0.5, 0.6) is 0 Å². The Labute approximate surface area is 54.4 Å². The molecule has 9 heavy (non-hydrogen) atoms. The monoisotopic (exact) mass is 147 g/mol. The Balaban J connectivity index is 2.12. The Morgan fingerprint density at radius 3 is 2.00 bits per heavy atom. The molecule has 0 atom stereocenters. The Kier molecular flexibility index (Phi) is 0.833. The van der Waals surface area contributed by atoms with Crippen molar-refractivity contribution in [1.82, 2.24) is 5.32 Å². The molecular weight excluding hydrogens is 138 g/mol. The molecule has 2 fully saturated rings. The molecule has 0 amide bonds. The zero-order valence-electron chi connectivity index (χ0n) is 5.05. The third-order valence-corrected chi connectivity index (χ3v) is 4.08. The molecular formula is C5H9NO2S. The van der Waals surface area contributed by atoms with Gasteiger partial charge in [0.05, 0.1) is 11.5 Å². The van der Waals surface area contributed by atoms with Crippen LogP contribution in [0.25, 0.3) is 0 Å². The highest BCUT2D eigenvalue weighted by Gasteiger charge is 2.51. The molecule has 52 valence electrons. The molecule has 2 saturated heterocycles. The van der Waals surface area contributed by atoms with Gasteiger partial charge in [0.25, 0.3) is 0 Å². The third kappa shape index (κ3) is 0.697. The second-order valence-corrected chi connectivity index (χ2v) is 5.05. The Morgan fingerprint density at radius 2 is 1.89 bits per heavy atom. The van der Waals surface area contributed by atoms with E-state index < -0.39 is 9.84 Å². The van der Waals surface area contributed by atoms with Crippen LogP contribution in [0.3, 0.4) is 0 Å². The van der Waals surface area contributed by atoms with Crippen LogP contribution in [0, 0.1) is 0 Å². The smallest absolute Gasteiger partial charge is 0.153 e. The molecule has 2 rings (SSSR count). The zero-order chi connectivity index (χ0) is 6.54. The van der Waals surface area contributed by atoms with Crippen molar-refractivity contribution in [3.05, 3.63) is 0 Å². The van der Waals surface area contributed by atoms with E-state index in [-0.39, 0.29) is 5.54 Å². The van der Waals surface area contributed by atoms with Crippen molar-refractivity contribution in [3.63, 3.8) is 0 Å². The summed E-state index contributed by atoms with van der Waals surface area (Å²) in [4.78, 5) is 0. The van der Waals surface area contributed by atoms with E-state index in [0.29, 0.717) is 11.5 Å². The van der Waals surface area contributed by atoms with Gasteiger partial charge in [0, 0.05) is 5.54 Å². The molecule has 1 spiro atoms. The minimum absolute atomic E-state index is 0.0405. The summed E-state index contributed by atoms with van der Waals surface area (Å²) in [7, 11) is -2.61. The summed E-state index contributed by atoms with van der Waals surface area (Å²) in [5, 5.41) is 3.13. The fourth-order valence-corrected chi connectivity index (χ4v) is 3.62. The quantitative estimate of drug-likeness (QED) is 0.485. The largest absolute Gasteiger partial charge is 0.309 e. The molecule has 0 aliphatic carbocycles. The van der Waals surface area contributed by atoms with E-state index in [2.05, 4.69) is 5.32 Å². The van der Waals surface area contributed by atoms with Gasteiger partial charge in [-0.3, -0.25) is 0 Å². The first kappa shape index (κ1) is 5.68. The summed E-state index contributed by atoms with van der Waals surface area (Å²) < 4.78 is 21.3. The standard InChI is InChI=1S/C5H9NO2S/c7-9(8)3-5(4-9)1-2-6-5/h6H,1-4H2. The predicted octanol–water partition coefficient (Wildman–Crippen LogP) is -0.853. The number of hydrogen-bond donors (Lipinski definition) is 1. The van der Waals surface area contributed by atoms with Crippen LogP contribution < -0.4 is 5.32 Å². The molecule has 2 aliphatic rings. The molecule has 0 saturated carbocycles. The van der Waals surface area contributed by atoms with Crippen molar-refractivity contribution in [3.8, 4) is 0 Å². The Hall–Kier alpha value is -0.0900. The maximum Gasteiger partial charge on any atom is 0.153 e. The lowest BCUT2D eigenvalue weighted by atomic mass is 9.92. The average Bonchev–Trinajstić information content (AvgIpc) is 1.54. The maximum atomic E-state index is 10.7. The SMILES string of the molecule is O=S1(=O)CC2(CCN2)C1. The van der Waals surface area contributed by atoms with Gasteiger partial charge >= 0.3 is 0 Å². The van der Waals surface area contributed by atoms with Gasteiger partial charge in [-0.15, -0.1) is 0 Å². The van der Waals surface area contributed by atoms with Gasteiger partial charge in [0.2, 0.25) is 0 Å². The lowest BCUT2D eigenvalue weighted by Gasteiger charge is -2.49. The molecule has 0 aromatic heterocycles. The van der Waals surface area contributed by atoms with Crippen molar-refractivity contribution < 1.29 is 8.42 Å². The van der Waals surface area contributed by atoms with Crippen LogP contribution in [0.15, 0.2) is 0 Å². The number of nitrogens with one attached hydrogen (secondary N) is 1. The van der Waals surface area contributed by atoms with Crippen LogP contribution >= 0.6 is 0 Å². The fraction of sp³-hybridized carbons (Fsp3) is 1.00. The Morgan fingerprint density at radius 1 is 1.33 bits per heavy atom. The van der Waals surface area contributed by atoms with Crippen LogP contribution in [-0.2, 0) is 9.84 Å². The highest BCUT2D eigenvalue weighted by Crippen LogP contribution is 2.31. The molecule has 0 unspecified atom stereocenters. The van der Waals surface area contributed by atoms with E-state index in [1.807, 2.05) is 0 Å². The van der Waals surface area contributed by atoms with Crippen molar-refractivity contribution >= 4 is 9.84 Å². The van der Waals surface area contributed by atoms with E-state index in [1.165, 1.54) is 0 Å². The van der Waals surface area contributed by atoms with E-state index >= 15 is 0 Å². The van der Waals surface area contributed by atoms with E-state index in [9.17, 15) is 8.42 Å². The molecule has 0 radical (unpaired) electrons. The molecule has 4 heteroatoms. The number of hydrogen-bond acceptors (Lipinski definition) is 3. The Bertz CT molecular complexity index is 213. The summed E-state index contributed by atoms with van der Waals surface area (Å²) in [5.41, 5.74) is 0.0405. The van der Waals surface area contributed by atoms with Crippen molar-refractivity contribution in [2.75, 3.05) is 18.1 Å². The van der Waals surface area contributed by atoms with Gasteiger partial charge in [-0.1, -0.05) is 0 Å². The normalized spacial score (nSPS) is 35.1. The minimum Gasteiger partial charge on any atom is -0.309 e. The van der Waals surface area contributed by atoms with Crippen molar-refractivity contribution in [2.24, 2.45) is 0 Å². The maximum absolute atomic E-state index is 10.7. The van der Waals surface area contributed by atoms with Gasteiger partial charge in [-0.2, -0.15) is 0 Å². The first-order valence-electron chi connectivity index (χ1n) is 3.07. The van der Waals surface area contributed by atoms with Gasteiger partial charge in [-0.25, -0.2) is 8.42 Å². The highest BCUT2D eigenvalue weighted by molar-refractivity contribution is 7.93. The first-order chi connectivity index (χ1) is 4.12. The van der Waals surface area contributed by atoms with Crippen LogP contribution in [0.1, 0.15) is 6.42 Å². The van der Waals surface area contributed by atoms with E-state index in [1.54, 1.807) is 0 Å². The van der Waals surface area contributed by atoms with E-state index in [0.717, 1.165) is 13.0 Å². The zero-order valence-corrected chi connectivity index (χ0v) is 5.87. The fourth-order valence-electron chi connectivity index (χ4n) is 1.52. The summed E-state index contributed by atoms with van der Waals surface area (Å²) in [6.07, 6.45) is 1.05. The molecule has 2 aliphatic heterocycles. The van der Waals surface area contributed by atoms with Crippen molar-refractivity contribution in [2.45, 2.75) is 12.0 Å². The van der Waals surface area contributed by atoms with Gasteiger partial charge in [-0.05, 0) is 13.0 Å². The van der Waals surface area contributed by atoms with Crippen LogP contribution in [0.2, 0.25) is 0 Å². The summed E-state index contributed by atoms with van der Waals surface area (Å²) >= 11 is 0. The molecule has 0 aromatic rings. The average molecular weight is 147 g/mol. The molecule has 3 nitrogen and oxygen atoms in total. The first-order valence-corrected chi connectivity index (χ1v) is 4.90.